The second kappa shape index (κ2) is 3.22. The van der Waals surface area contributed by atoms with Gasteiger partial charge in [-0.25, -0.2) is 0 Å². The molecule has 0 bridgehead atoms. The monoisotopic (exact) mass is 138 g/mol. The second-order valence-electron chi connectivity index (χ2n) is 2.16. The molecular formula is C8H10O2. The molecule has 1 rings (SSSR count). The van der Waals surface area contributed by atoms with Crippen molar-refractivity contribution in [2.24, 2.45) is 0 Å². The van der Waals surface area contributed by atoms with Gasteiger partial charge in [-0.3, -0.25) is 0 Å². The lowest BCUT2D eigenvalue weighted by Gasteiger charge is -1.90. The number of hydrogen-bond donors (Lipinski definition) is 1. The van der Waals surface area contributed by atoms with Crippen molar-refractivity contribution in [3.05, 3.63) is 30.2 Å². The van der Waals surface area contributed by atoms with Gasteiger partial charge in [-0.05, 0) is 13.0 Å². The van der Waals surface area contributed by atoms with Crippen molar-refractivity contribution in [2.75, 3.05) is 0 Å². The van der Waals surface area contributed by atoms with Crippen molar-refractivity contribution in [1.82, 2.24) is 0 Å². The molecule has 1 aromatic heterocycles. The normalized spacial score (nSPS) is 14.2. The molecule has 1 N–H and O–H groups in total. The molecule has 1 aromatic rings. The summed E-state index contributed by atoms with van der Waals surface area (Å²) in [6.07, 6.45) is 6.34. The summed E-state index contributed by atoms with van der Waals surface area (Å²) in [6, 6.07) is 1.83. The van der Waals surface area contributed by atoms with Gasteiger partial charge in [0.15, 0.2) is 0 Å². The van der Waals surface area contributed by atoms with E-state index in [0.29, 0.717) is 0 Å². The van der Waals surface area contributed by atoms with E-state index in [1.54, 1.807) is 25.5 Å². The third kappa shape index (κ3) is 2.07. The van der Waals surface area contributed by atoms with Crippen LogP contribution in [0.15, 0.2) is 29.1 Å². The fraction of sp³-hybridized carbons (Fsp3) is 0.250. The molecule has 0 fully saturated rings. The zero-order valence-corrected chi connectivity index (χ0v) is 5.82. The molecule has 1 unspecified atom stereocenters. The van der Waals surface area contributed by atoms with E-state index in [4.69, 9.17) is 9.52 Å². The largest absolute Gasteiger partial charge is 0.472 e. The molecule has 10 heavy (non-hydrogen) atoms. The summed E-state index contributed by atoms with van der Waals surface area (Å²) in [7, 11) is 0. The molecule has 0 aliphatic carbocycles. The molecule has 0 amide bonds. The smallest absolute Gasteiger partial charge is 0.0974 e. The molecule has 0 saturated heterocycles. The average Bonchev–Trinajstić information content (AvgIpc) is 2.34. The molecule has 54 valence electrons. The van der Waals surface area contributed by atoms with Crippen molar-refractivity contribution in [2.45, 2.75) is 13.0 Å². The minimum Gasteiger partial charge on any atom is -0.472 e. The van der Waals surface area contributed by atoms with E-state index < -0.39 is 6.10 Å². The Hall–Kier alpha value is -1.02. The van der Waals surface area contributed by atoms with Crippen LogP contribution < -0.4 is 0 Å². The van der Waals surface area contributed by atoms with E-state index in [2.05, 4.69) is 0 Å². The van der Waals surface area contributed by atoms with E-state index in [9.17, 15) is 0 Å². The zero-order valence-electron chi connectivity index (χ0n) is 5.82. The van der Waals surface area contributed by atoms with Gasteiger partial charge in [0, 0.05) is 5.56 Å². The highest BCUT2D eigenvalue weighted by Gasteiger charge is 1.87. The maximum absolute atomic E-state index is 8.83. The van der Waals surface area contributed by atoms with Crippen LogP contribution in [-0.2, 0) is 0 Å². The molecule has 0 aromatic carbocycles. The first kappa shape index (κ1) is 7.09. The number of aliphatic hydroxyl groups is 1. The van der Waals surface area contributed by atoms with Crippen LogP contribution in [0.3, 0.4) is 0 Å². The molecule has 1 atom stereocenters. The minimum absolute atomic E-state index is 0.394. The third-order valence-corrected chi connectivity index (χ3v) is 1.11. The van der Waals surface area contributed by atoms with Gasteiger partial charge in [0.25, 0.3) is 0 Å². The Bertz CT molecular complexity index is 197. The predicted molar refractivity (Wildman–Crippen MR) is 39.4 cm³/mol. The zero-order chi connectivity index (χ0) is 7.40. The van der Waals surface area contributed by atoms with E-state index in [1.807, 2.05) is 12.1 Å². The van der Waals surface area contributed by atoms with E-state index >= 15 is 0 Å². The van der Waals surface area contributed by atoms with Crippen molar-refractivity contribution < 1.29 is 9.52 Å². The Labute approximate surface area is 59.8 Å². The van der Waals surface area contributed by atoms with Crippen molar-refractivity contribution in [3.8, 4) is 0 Å². The van der Waals surface area contributed by atoms with Gasteiger partial charge in [0.2, 0.25) is 0 Å². The Balaban J connectivity index is 2.55. The van der Waals surface area contributed by atoms with Crippen LogP contribution in [0, 0.1) is 0 Å². The standard InChI is InChI=1S/C8H10O2/c1-7(9)2-3-8-4-5-10-6-8/h2-7,9H,1H3/b3-2+. The third-order valence-electron chi connectivity index (χ3n) is 1.11. The van der Waals surface area contributed by atoms with Gasteiger partial charge >= 0.3 is 0 Å². The molecule has 2 nitrogen and oxygen atoms in total. The lowest BCUT2D eigenvalue weighted by atomic mass is 10.3. The molecular weight excluding hydrogens is 128 g/mol. The Kier molecular flexibility index (Phi) is 2.29. The van der Waals surface area contributed by atoms with E-state index in [1.165, 1.54) is 0 Å². The molecule has 0 spiro atoms. The first-order valence-corrected chi connectivity index (χ1v) is 3.17. The summed E-state index contributed by atoms with van der Waals surface area (Å²) in [5.74, 6) is 0. The van der Waals surface area contributed by atoms with Gasteiger partial charge in [-0.15, -0.1) is 0 Å². The quantitative estimate of drug-likeness (QED) is 0.674. The van der Waals surface area contributed by atoms with Crippen LogP contribution in [0.1, 0.15) is 12.5 Å². The van der Waals surface area contributed by atoms with Gasteiger partial charge in [-0.1, -0.05) is 12.2 Å². The van der Waals surface area contributed by atoms with Gasteiger partial charge in [0.05, 0.1) is 18.6 Å². The van der Waals surface area contributed by atoms with Crippen molar-refractivity contribution in [3.63, 3.8) is 0 Å². The number of aliphatic hydroxyl groups excluding tert-OH is 1. The van der Waals surface area contributed by atoms with Crippen LogP contribution in [0.4, 0.5) is 0 Å². The molecule has 0 aliphatic heterocycles. The maximum Gasteiger partial charge on any atom is 0.0974 e. The summed E-state index contributed by atoms with van der Waals surface area (Å²) in [6.45, 7) is 1.70. The lowest BCUT2D eigenvalue weighted by molar-refractivity contribution is 0.245. The number of hydrogen-bond acceptors (Lipinski definition) is 2. The van der Waals surface area contributed by atoms with Gasteiger partial charge in [0.1, 0.15) is 0 Å². The number of furan rings is 1. The van der Waals surface area contributed by atoms with Crippen molar-refractivity contribution in [1.29, 1.82) is 0 Å². The molecule has 0 aliphatic rings. The van der Waals surface area contributed by atoms with Gasteiger partial charge in [-0.2, -0.15) is 0 Å². The second-order valence-corrected chi connectivity index (χ2v) is 2.16. The van der Waals surface area contributed by atoms with Crippen LogP contribution in [0.5, 0.6) is 0 Å². The summed E-state index contributed by atoms with van der Waals surface area (Å²) >= 11 is 0. The maximum atomic E-state index is 8.83. The Morgan fingerprint density at radius 1 is 1.70 bits per heavy atom. The Morgan fingerprint density at radius 3 is 3.00 bits per heavy atom. The highest BCUT2D eigenvalue weighted by Crippen LogP contribution is 2.02. The molecule has 1 heterocycles. The summed E-state index contributed by atoms with van der Waals surface area (Å²) < 4.78 is 4.81. The topological polar surface area (TPSA) is 33.4 Å². The fourth-order valence-electron chi connectivity index (χ4n) is 0.620. The SMILES string of the molecule is CC(O)/C=C/c1ccoc1. The summed E-state index contributed by atoms with van der Waals surface area (Å²) in [5, 5.41) is 8.83. The van der Waals surface area contributed by atoms with Gasteiger partial charge < -0.3 is 9.52 Å². The van der Waals surface area contributed by atoms with Crippen molar-refractivity contribution >= 4 is 6.08 Å². The van der Waals surface area contributed by atoms with E-state index in [-0.39, 0.29) is 0 Å². The van der Waals surface area contributed by atoms with Crippen LogP contribution in [0.25, 0.3) is 6.08 Å². The van der Waals surface area contributed by atoms with Crippen LogP contribution >= 0.6 is 0 Å². The minimum atomic E-state index is -0.394. The fourth-order valence-corrected chi connectivity index (χ4v) is 0.620. The predicted octanol–water partition coefficient (Wildman–Crippen LogP) is 1.67. The summed E-state index contributed by atoms with van der Waals surface area (Å²) in [5.41, 5.74) is 0.973. The van der Waals surface area contributed by atoms with E-state index in [0.717, 1.165) is 5.56 Å². The highest BCUT2D eigenvalue weighted by molar-refractivity contribution is 5.47. The summed E-state index contributed by atoms with van der Waals surface area (Å²) in [4.78, 5) is 0. The number of rotatable bonds is 2. The molecule has 0 saturated carbocycles. The Morgan fingerprint density at radius 2 is 2.50 bits per heavy atom. The average molecular weight is 138 g/mol. The molecule has 0 radical (unpaired) electrons. The molecule has 2 heteroatoms. The highest BCUT2D eigenvalue weighted by atomic mass is 16.3. The lowest BCUT2D eigenvalue weighted by Crippen LogP contribution is -1.90. The first-order chi connectivity index (χ1) is 4.79. The van der Waals surface area contributed by atoms with Crippen LogP contribution in [-0.4, -0.2) is 11.2 Å². The van der Waals surface area contributed by atoms with Crippen LogP contribution in [0.2, 0.25) is 0 Å². The first-order valence-electron chi connectivity index (χ1n) is 3.17.